The minimum atomic E-state index is 0.181. The summed E-state index contributed by atoms with van der Waals surface area (Å²) in [6.07, 6.45) is 5.71. The Labute approximate surface area is 85.3 Å². The maximum Gasteiger partial charge on any atom is 0.166 e. The van der Waals surface area contributed by atoms with Crippen LogP contribution in [0.15, 0.2) is 23.0 Å². The topological polar surface area (TPSA) is 30.2 Å². The molecule has 0 aliphatic heterocycles. The van der Waals surface area contributed by atoms with E-state index in [0.29, 0.717) is 12.0 Å². The number of rotatable bonds is 5. The van der Waals surface area contributed by atoms with Gasteiger partial charge in [-0.2, -0.15) is 0 Å². The lowest BCUT2D eigenvalue weighted by atomic mass is 9.84. The SMILES string of the molecule is CCC(C)(C)CCC(=O)c1ccoc1. The van der Waals surface area contributed by atoms with Gasteiger partial charge in [-0.3, -0.25) is 4.79 Å². The van der Waals surface area contributed by atoms with Gasteiger partial charge in [0.05, 0.1) is 11.8 Å². The molecule has 0 aliphatic carbocycles. The van der Waals surface area contributed by atoms with E-state index in [2.05, 4.69) is 20.8 Å². The standard InChI is InChI=1S/C12H18O2/c1-4-12(2,3)7-5-11(13)10-6-8-14-9-10/h6,8-9H,4-5,7H2,1-3H3. The third-order valence-corrected chi connectivity index (χ3v) is 2.83. The van der Waals surface area contributed by atoms with Gasteiger partial charge in [-0.1, -0.05) is 27.2 Å². The van der Waals surface area contributed by atoms with Crippen molar-refractivity contribution in [2.75, 3.05) is 0 Å². The quantitative estimate of drug-likeness (QED) is 0.669. The first-order chi connectivity index (χ1) is 6.55. The van der Waals surface area contributed by atoms with Crippen LogP contribution < -0.4 is 0 Å². The van der Waals surface area contributed by atoms with Gasteiger partial charge in [0.2, 0.25) is 0 Å². The molecule has 0 atom stereocenters. The number of carbonyl (C=O) groups is 1. The Hall–Kier alpha value is -1.05. The molecule has 0 saturated carbocycles. The van der Waals surface area contributed by atoms with E-state index in [0.717, 1.165) is 12.8 Å². The van der Waals surface area contributed by atoms with Crippen LogP contribution in [-0.2, 0) is 0 Å². The molecule has 0 N–H and O–H groups in total. The molecule has 0 saturated heterocycles. The molecule has 1 aromatic heterocycles. The van der Waals surface area contributed by atoms with Crippen molar-refractivity contribution in [1.82, 2.24) is 0 Å². The normalized spacial score (nSPS) is 11.6. The van der Waals surface area contributed by atoms with Gasteiger partial charge in [0.1, 0.15) is 6.26 Å². The zero-order valence-electron chi connectivity index (χ0n) is 9.17. The summed E-state index contributed by atoms with van der Waals surface area (Å²) in [5.74, 6) is 0.181. The zero-order chi connectivity index (χ0) is 10.6. The van der Waals surface area contributed by atoms with Gasteiger partial charge in [-0.25, -0.2) is 0 Å². The fraction of sp³-hybridized carbons (Fsp3) is 0.583. The van der Waals surface area contributed by atoms with Crippen molar-refractivity contribution in [2.24, 2.45) is 5.41 Å². The first-order valence-electron chi connectivity index (χ1n) is 5.10. The van der Waals surface area contributed by atoms with Crippen molar-refractivity contribution >= 4 is 5.78 Å². The molecule has 0 aliphatic rings. The van der Waals surface area contributed by atoms with E-state index in [-0.39, 0.29) is 11.2 Å². The molecule has 0 fully saturated rings. The first-order valence-corrected chi connectivity index (χ1v) is 5.10. The fourth-order valence-electron chi connectivity index (χ4n) is 1.20. The molecular formula is C12H18O2. The van der Waals surface area contributed by atoms with E-state index in [1.165, 1.54) is 12.5 Å². The van der Waals surface area contributed by atoms with Crippen LogP contribution in [0.1, 0.15) is 50.4 Å². The summed E-state index contributed by atoms with van der Waals surface area (Å²) in [4.78, 5) is 11.6. The Morgan fingerprint density at radius 3 is 2.71 bits per heavy atom. The molecule has 0 amide bonds. The Morgan fingerprint density at radius 1 is 1.50 bits per heavy atom. The smallest absolute Gasteiger partial charge is 0.166 e. The molecular weight excluding hydrogens is 176 g/mol. The number of ketones is 1. The van der Waals surface area contributed by atoms with Crippen molar-refractivity contribution in [3.63, 3.8) is 0 Å². The van der Waals surface area contributed by atoms with Crippen LogP contribution in [0.25, 0.3) is 0 Å². The van der Waals surface area contributed by atoms with Gasteiger partial charge in [-0.15, -0.1) is 0 Å². The molecule has 0 radical (unpaired) electrons. The molecule has 0 spiro atoms. The highest BCUT2D eigenvalue weighted by Gasteiger charge is 2.17. The number of carbonyl (C=O) groups excluding carboxylic acids is 1. The lowest BCUT2D eigenvalue weighted by molar-refractivity contribution is 0.0961. The summed E-state index contributed by atoms with van der Waals surface area (Å²) in [6.45, 7) is 6.54. The lowest BCUT2D eigenvalue weighted by Crippen LogP contribution is -2.12. The van der Waals surface area contributed by atoms with E-state index in [1.807, 2.05) is 0 Å². The number of furan rings is 1. The van der Waals surface area contributed by atoms with Crippen molar-refractivity contribution < 1.29 is 9.21 Å². The summed E-state index contributed by atoms with van der Waals surface area (Å²) >= 11 is 0. The molecule has 1 rings (SSSR count). The average Bonchev–Trinajstić information content (AvgIpc) is 2.67. The summed E-state index contributed by atoms with van der Waals surface area (Å²) in [5.41, 5.74) is 0.955. The number of hydrogen-bond acceptors (Lipinski definition) is 2. The molecule has 1 heterocycles. The van der Waals surface area contributed by atoms with Gasteiger partial charge in [0.25, 0.3) is 0 Å². The maximum atomic E-state index is 11.6. The van der Waals surface area contributed by atoms with E-state index in [9.17, 15) is 4.79 Å². The Morgan fingerprint density at radius 2 is 2.21 bits per heavy atom. The molecule has 14 heavy (non-hydrogen) atoms. The van der Waals surface area contributed by atoms with Gasteiger partial charge in [-0.05, 0) is 17.9 Å². The van der Waals surface area contributed by atoms with Gasteiger partial charge in [0.15, 0.2) is 5.78 Å². The molecule has 0 unspecified atom stereocenters. The van der Waals surface area contributed by atoms with Crippen LogP contribution in [0.4, 0.5) is 0 Å². The number of hydrogen-bond donors (Lipinski definition) is 0. The maximum absolute atomic E-state index is 11.6. The van der Waals surface area contributed by atoms with Gasteiger partial charge >= 0.3 is 0 Å². The first kappa shape index (κ1) is 11.0. The van der Waals surface area contributed by atoms with Crippen molar-refractivity contribution in [3.8, 4) is 0 Å². The molecule has 1 aromatic rings. The molecule has 78 valence electrons. The van der Waals surface area contributed by atoms with Gasteiger partial charge < -0.3 is 4.42 Å². The van der Waals surface area contributed by atoms with Crippen LogP contribution in [0, 0.1) is 5.41 Å². The van der Waals surface area contributed by atoms with Crippen molar-refractivity contribution in [2.45, 2.75) is 40.0 Å². The Bertz CT molecular complexity index is 283. The van der Waals surface area contributed by atoms with Crippen LogP contribution in [0.2, 0.25) is 0 Å². The van der Waals surface area contributed by atoms with E-state index >= 15 is 0 Å². The Kier molecular flexibility index (Phi) is 3.50. The van der Waals surface area contributed by atoms with E-state index < -0.39 is 0 Å². The minimum Gasteiger partial charge on any atom is -0.472 e. The van der Waals surface area contributed by atoms with Crippen LogP contribution in [-0.4, -0.2) is 5.78 Å². The highest BCUT2D eigenvalue weighted by molar-refractivity contribution is 5.95. The van der Waals surface area contributed by atoms with Crippen LogP contribution in [0.5, 0.6) is 0 Å². The van der Waals surface area contributed by atoms with E-state index in [1.54, 1.807) is 6.07 Å². The average molecular weight is 194 g/mol. The van der Waals surface area contributed by atoms with Crippen molar-refractivity contribution in [1.29, 1.82) is 0 Å². The second-order valence-electron chi connectivity index (χ2n) is 4.45. The second kappa shape index (κ2) is 4.45. The van der Waals surface area contributed by atoms with Crippen LogP contribution >= 0.6 is 0 Å². The summed E-state index contributed by atoms with van der Waals surface area (Å²) in [5, 5.41) is 0. The fourth-order valence-corrected chi connectivity index (χ4v) is 1.20. The van der Waals surface area contributed by atoms with Gasteiger partial charge in [0, 0.05) is 6.42 Å². The molecule has 0 bridgehead atoms. The molecule has 2 heteroatoms. The van der Waals surface area contributed by atoms with Crippen molar-refractivity contribution in [3.05, 3.63) is 24.2 Å². The summed E-state index contributed by atoms with van der Waals surface area (Å²) in [6, 6.07) is 1.72. The minimum absolute atomic E-state index is 0.181. The highest BCUT2D eigenvalue weighted by Crippen LogP contribution is 2.26. The monoisotopic (exact) mass is 194 g/mol. The largest absolute Gasteiger partial charge is 0.472 e. The summed E-state index contributed by atoms with van der Waals surface area (Å²) < 4.78 is 4.87. The molecule has 2 nitrogen and oxygen atoms in total. The predicted octanol–water partition coefficient (Wildman–Crippen LogP) is 3.68. The third-order valence-electron chi connectivity index (χ3n) is 2.83. The second-order valence-corrected chi connectivity index (χ2v) is 4.45. The highest BCUT2D eigenvalue weighted by atomic mass is 16.3. The van der Waals surface area contributed by atoms with Crippen LogP contribution in [0.3, 0.4) is 0 Å². The third kappa shape index (κ3) is 3.02. The Balaban J connectivity index is 2.43. The number of Topliss-reactive ketones (excluding diaryl/α,β-unsaturated/α-hetero) is 1. The molecule has 0 aromatic carbocycles. The zero-order valence-corrected chi connectivity index (χ0v) is 9.17. The summed E-state index contributed by atoms with van der Waals surface area (Å²) in [7, 11) is 0. The van der Waals surface area contributed by atoms with E-state index in [4.69, 9.17) is 4.42 Å². The lowest BCUT2D eigenvalue weighted by Gasteiger charge is -2.21. The predicted molar refractivity (Wildman–Crippen MR) is 56.3 cm³/mol.